The summed E-state index contributed by atoms with van der Waals surface area (Å²) in [7, 11) is 1.28. The van der Waals surface area contributed by atoms with Crippen molar-refractivity contribution < 1.29 is 24.2 Å². The van der Waals surface area contributed by atoms with E-state index in [0.29, 0.717) is 24.5 Å². The van der Waals surface area contributed by atoms with E-state index in [4.69, 9.17) is 9.72 Å². The summed E-state index contributed by atoms with van der Waals surface area (Å²) in [6.07, 6.45) is 6.54. The Morgan fingerprint density at radius 2 is 1.30 bits per heavy atom. The van der Waals surface area contributed by atoms with Crippen molar-refractivity contribution in [2.24, 2.45) is 0 Å². The Bertz CT molecular complexity index is 2320. The second-order valence-corrected chi connectivity index (χ2v) is 14.3. The maximum atomic E-state index is 13.9. The highest BCUT2D eigenvalue weighted by molar-refractivity contribution is 5.87. The first-order valence-electron chi connectivity index (χ1n) is 18.9. The number of aromatic amines is 2. The van der Waals surface area contributed by atoms with Gasteiger partial charge in [0.25, 0.3) is 5.91 Å². The number of carbonyl (C=O) groups is 3. The third kappa shape index (κ3) is 7.63. The molecule has 4 N–H and O–H groups in total. The number of aromatic hydroxyl groups is 1. The topological polar surface area (TPSA) is 157 Å². The number of likely N-dealkylation sites (tertiary alicyclic amines) is 2. The quantitative estimate of drug-likeness (QED) is 0.113. The smallest absolute Gasteiger partial charge is 0.407 e. The minimum Gasteiger partial charge on any atom is -0.508 e. The van der Waals surface area contributed by atoms with Crippen LogP contribution in [0, 0.1) is 0 Å². The second kappa shape index (κ2) is 16.0. The summed E-state index contributed by atoms with van der Waals surface area (Å²) in [5, 5.41) is 12.5. The number of nitrogens with one attached hydrogen (secondary N) is 3. The molecule has 0 aliphatic carbocycles. The van der Waals surface area contributed by atoms with Crippen molar-refractivity contribution in [3.63, 3.8) is 0 Å². The molecule has 12 nitrogen and oxygen atoms in total. The van der Waals surface area contributed by atoms with E-state index >= 15 is 0 Å². The fourth-order valence-electron chi connectivity index (χ4n) is 7.87. The minimum absolute atomic E-state index is 0.0235. The van der Waals surface area contributed by atoms with Crippen molar-refractivity contribution in [2.75, 3.05) is 20.2 Å². The lowest BCUT2D eigenvalue weighted by Gasteiger charge is -2.28. The van der Waals surface area contributed by atoms with Gasteiger partial charge in [0.15, 0.2) is 0 Å². The Hall–Kier alpha value is -6.69. The molecule has 6 aromatic rings. The van der Waals surface area contributed by atoms with Crippen molar-refractivity contribution in [1.29, 1.82) is 0 Å². The number of rotatable bonds is 10. The molecule has 0 bridgehead atoms. The Morgan fingerprint density at radius 3 is 1.88 bits per heavy atom. The number of ether oxygens (including phenoxy) is 1. The van der Waals surface area contributed by atoms with Gasteiger partial charge >= 0.3 is 6.09 Å². The molecular formula is C44H43N7O5. The molecule has 2 saturated heterocycles. The van der Waals surface area contributed by atoms with Crippen LogP contribution in [0.2, 0.25) is 0 Å². The molecule has 4 aromatic carbocycles. The van der Waals surface area contributed by atoms with Gasteiger partial charge in [0.2, 0.25) is 5.91 Å². The van der Waals surface area contributed by atoms with Crippen molar-refractivity contribution in [3.05, 3.63) is 138 Å². The van der Waals surface area contributed by atoms with E-state index in [1.807, 2.05) is 47.5 Å². The molecule has 284 valence electrons. The Balaban J connectivity index is 0.919. The van der Waals surface area contributed by atoms with E-state index in [9.17, 15) is 19.5 Å². The van der Waals surface area contributed by atoms with Gasteiger partial charge in [-0.05, 0) is 71.2 Å². The maximum Gasteiger partial charge on any atom is 0.407 e. The summed E-state index contributed by atoms with van der Waals surface area (Å²) in [5.41, 5.74) is 7.32. The zero-order valence-corrected chi connectivity index (χ0v) is 31.0. The lowest BCUT2D eigenvalue weighted by atomic mass is 10.0. The van der Waals surface area contributed by atoms with Crippen LogP contribution in [0.25, 0.3) is 33.6 Å². The Kier molecular flexibility index (Phi) is 10.3. The molecule has 2 aliphatic heterocycles. The molecule has 4 heterocycles. The van der Waals surface area contributed by atoms with Crippen LogP contribution in [0.3, 0.4) is 0 Å². The van der Waals surface area contributed by atoms with Gasteiger partial charge in [0.1, 0.15) is 23.4 Å². The van der Waals surface area contributed by atoms with Crippen LogP contribution in [0.15, 0.2) is 116 Å². The number of phenols is 1. The van der Waals surface area contributed by atoms with Crippen LogP contribution in [0.5, 0.6) is 5.75 Å². The molecule has 8 rings (SSSR count). The van der Waals surface area contributed by atoms with Crippen LogP contribution >= 0.6 is 0 Å². The zero-order chi connectivity index (χ0) is 38.6. The number of alkyl carbamates (subject to hydrolysis) is 1. The van der Waals surface area contributed by atoms with E-state index in [2.05, 4.69) is 68.8 Å². The van der Waals surface area contributed by atoms with Crippen molar-refractivity contribution in [1.82, 2.24) is 35.1 Å². The molecule has 2 aromatic heterocycles. The second-order valence-electron chi connectivity index (χ2n) is 14.3. The molecule has 2 fully saturated rings. The monoisotopic (exact) mass is 749 g/mol. The molecular weight excluding hydrogens is 707 g/mol. The third-order valence-electron chi connectivity index (χ3n) is 10.7. The molecule has 0 spiro atoms. The van der Waals surface area contributed by atoms with Gasteiger partial charge in [-0.1, -0.05) is 91.0 Å². The summed E-state index contributed by atoms with van der Waals surface area (Å²) in [6.45, 7) is 1.24. The van der Waals surface area contributed by atoms with Gasteiger partial charge in [-0.3, -0.25) is 9.59 Å². The highest BCUT2D eigenvalue weighted by Crippen LogP contribution is 2.35. The van der Waals surface area contributed by atoms with Crippen LogP contribution in [0.1, 0.15) is 66.6 Å². The van der Waals surface area contributed by atoms with Crippen molar-refractivity contribution in [3.8, 4) is 39.4 Å². The van der Waals surface area contributed by atoms with Crippen molar-refractivity contribution >= 4 is 17.9 Å². The number of H-pyrrole nitrogens is 2. The number of carbonyl (C=O) groups excluding carboxylic acids is 3. The van der Waals surface area contributed by atoms with Crippen LogP contribution < -0.4 is 5.32 Å². The molecule has 2 aliphatic rings. The minimum atomic E-state index is -0.874. The standard InChI is InChI=1S/C44H43N7O5/c1-56-44(55)49-40(33-9-3-2-4-10-33)43(54)51-23-7-13-38(51)42-46-27-36(48-42)32-20-16-30(17-21-32)29-14-18-31(19-15-29)35-26-45-41(47-35)37-12-6-22-50(37)39(53)25-28-8-5-11-34(52)24-28/h2-5,8-11,14-21,24,26-27,37-38,40,52H,6-7,12-13,22-23,25H2,1H3,(H,45,47)(H,46,48)(H,49,55)/t37-,38-,40+/m0/s1. The first kappa shape index (κ1) is 36.3. The van der Waals surface area contributed by atoms with Gasteiger partial charge in [-0.2, -0.15) is 0 Å². The predicted molar refractivity (Wildman–Crippen MR) is 211 cm³/mol. The van der Waals surface area contributed by atoms with Gasteiger partial charge in [-0.15, -0.1) is 0 Å². The fourth-order valence-corrected chi connectivity index (χ4v) is 7.87. The lowest BCUT2D eigenvalue weighted by molar-refractivity contribution is -0.134. The average Bonchev–Trinajstić information content (AvgIpc) is 4.07. The van der Waals surface area contributed by atoms with Gasteiger partial charge in [0, 0.05) is 13.1 Å². The van der Waals surface area contributed by atoms with Gasteiger partial charge < -0.3 is 34.9 Å². The average molecular weight is 750 g/mol. The van der Waals surface area contributed by atoms with E-state index in [1.54, 1.807) is 29.3 Å². The number of benzene rings is 4. The summed E-state index contributed by atoms with van der Waals surface area (Å²) in [4.78, 5) is 59.3. The van der Waals surface area contributed by atoms with Crippen LogP contribution in [-0.2, 0) is 20.7 Å². The molecule has 3 atom stereocenters. The Labute approximate surface area is 324 Å². The predicted octanol–water partition coefficient (Wildman–Crippen LogP) is 7.51. The number of amides is 3. The number of hydrogen-bond acceptors (Lipinski definition) is 7. The molecule has 0 saturated carbocycles. The summed E-state index contributed by atoms with van der Waals surface area (Å²) in [5.74, 6) is 1.46. The van der Waals surface area contributed by atoms with E-state index in [0.717, 1.165) is 70.7 Å². The van der Waals surface area contributed by atoms with Crippen molar-refractivity contribution in [2.45, 2.75) is 50.2 Å². The fraction of sp³-hybridized carbons (Fsp3) is 0.250. The third-order valence-corrected chi connectivity index (χ3v) is 10.7. The van der Waals surface area contributed by atoms with Crippen LogP contribution in [-0.4, -0.2) is 72.9 Å². The summed E-state index contributed by atoms with van der Waals surface area (Å²) in [6, 6.07) is 31.4. The number of nitrogens with zero attached hydrogens (tertiary/aromatic N) is 4. The number of phenolic OH excluding ortho intramolecular Hbond substituents is 1. The Morgan fingerprint density at radius 1 is 0.750 bits per heavy atom. The number of aromatic nitrogens is 4. The summed E-state index contributed by atoms with van der Waals surface area (Å²) < 4.78 is 4.82. The number of hydrogen-bond donors (Lipinski definition) is 4. The molecule has 3 amide bonds. The van der Waals surface area contributed by atoms with Gasteiger partial charge in [-0.25, -0.2) is 14.8 Å². The molecule has 0 radical (unpaired) electrons. The summed E-state index contributed by atoms with van der Waals surface area (Å²) >= 11 is 0. The normalized spacial score (nSPS) is 17.2. The van der Waals surface area contributed by atoms with E-state index < -0.39 is 12.1 Å². The molecule has 56 heavy (non-hydrogen) atoms. The number of methoxy groups -OCH3 is 1. The first-order chi connectivity index (χ1) is 27.3. The highest BCUT2D eigenvalue weighted by atomic mass is 16.5. The maximum absolute atomic E-state index is 13.9. The lowest BCUT2D eigenvalue weighted by Crippen LogP contribution is -2.42. The zero-order valence-electron chi connectivity index (χ0n) is 31.0. The van der Waals surface area contributed by atoms with Gasteiger partial charge in [0.05, 0.1) is 49.4 Å². The largest absolute Gasteiger partial charge is 0.508 e. The first-order valence-corrected chi connectivity index (χ1v) is 18.9. The SMILES string of the molecule is COC(=O)N[C@@H](C(=O)N1CCC[C@H]1c1ncc(-c2ccc(-c3ccc(-c4cnc([C@@H]5CCCN5C(=O)Cc5cccc(O)c5)[nH]4)cc3)cc2)[nH]1)c1ccccc1. The van der Waals surface area contributed by atoms with E-state index in [-0.39, 0.29) is 36.1 Å². The molecule has 0 unspecified atom stereocenters. The number of imidazole rings is 2. The molecule has 12 heteroatoms. The highest BCUT2D eigenvalue weighted by Gasteiger charge is 2.37. The van der Waals surface area contributed by atoms with E-state index in [1.165, 1.54) is 7.11 Å². The van der Waals surface area contributed by atoms with Crippen LogP contribution in [0.4, 0.5) is 4.79 Å².